The number of nitrogens with zero attached hydrogens (tertiary/aromatic N) is 1. The summed E-state index contributed by atoms with van der Waals surface area (Å²) in [6.45, 7) is 2.79. The Morgan fingerprint density at radius 1 is 0.962 bits per heavy atom. The summed E-state index contributed by atoms with van der Waals surface area (Å²) >= 11 is 3.46. The van der Waals surface area contributed by atoms with E-state index < -0.39 is 0 Å². The van der Waals surface area contributed by atoms with Crippen LogP contribution in [0, 0.1) is 6.92 Å². The minimum Gasteiger partial charge on any atom is -0.380 e. The summed E-state index contributed by atoms with van der Waals surface area (Å²) in [5, 5.41) is 10.2. The van der Waals surface area contributed by atoms with Crippen LogP contribution in [0.4, 0.5) is 5.69 Å². The number of fused-ring (bicyclic) bond motifs is 1. The topological polar surface area (TPSA) is 38.1 Å². The SMILES string of the molecule is Cc1noc(-c2ccc(Br)cc2)c1NCCc1ccc2ccccc2c1. The molecule has 0 saturated heterocycles. The monoisotopic (exact) mass is 406 g/mol. The number of halogens is 1. The van der Waals surface area contributed by atoms with Gasteiger partial charge in [0.2, 0.25) is 0 Å². The Bertz CT molecular complexity index is 1040. The summed E-state index contributed by atoms with van der Waals surface area (Å²) < 4.78 is 6.60. The van der Waals surface area contributed by atoms with Crippen LogP contribution in [0.25, 0.3) is 22.1 Å². The van der Waals surface area contributed by atoms with Gasteiger partial charge in [-0.3, -0.25) is 0 Å². The van der Waals surface area contributed by atoms with E-state index in [1.165, 1.54) is 16.3 Å². The molecule has 0 amide bonds. The second kappa shape index (κ2) is 7.34. The van der Waals surface area contributed by atoms with E-state index in [1.807, 2.05) is 31.2 Å². The molecule has 0 aliphatic rings. The molecule has 0 spiro atoms. The van der Waals surface area contributed by atoms with Gasteiger partial charge in [-0.1, -0.05) is 63.6 Å². The van der Waals surface area contributed by atoms with Crippen LogP contribution in [-0.2, 0) is 6.42 Å². The van der Waals surface area contributed by atoms with E-state index in [9.17, 15) is 0 Å². The summed E-state index contributed by atoms with van der Waals surface area (Å²) in [7, 11) is 0. The second-order valence-corrected chi connectivity index (χ2v) is 7.25. The standard InChI is InChI=1S/C22H19BrN2O/c1-15-21(22(26-25-15)18-8-10-20(23)11-9-18)24-13-12-16-6-7-17-4-2-3-5-19(17)14-16/h2-11,14,24H,12-13H2,1H3. The maximum atomic E-state index is 5.55. The average Bonchev–Trinajstić information content (AvgIpc) is 3.03. The summed E-state index contributed by atoms with van der Waals surface area (Å²) in [6, 6.07) is 23.1. The predicted octanol–water partition coefficient (Wildman–Crippen LogP) is 6.22. The molecule has 0 fully saturated rings. The van der Waals surface area contributed by atoms with E-state index in [0.29, 0.717) is 0 Å². The van der Waals surface area contributed by atoms with Crippen molar-refractivity contribution in [2.45, 2.75) is 13.3 Å². The average molecular weight is 407 g/mol. The molecule has 0 atom stereocenters. The first-order valence-corrected chi connectivity index (χ1v) is 9.44. The van der Waals surface area contributed by atoms with Gasteiger partial charge >= 0.3 is 0 Å². The molecule has 0 unspecified atom stereocenters. The van der Waals surface area contributed by atoms with Gasteiger partial charge in [0.15, 0.2) is 5.76 Å². The van der Waals surface area contributed by atoms with Gasteiger partial charge in [0.25, 0.3) is 0 Å². The molecule has 1 N–H and O–H groups in total. The van der Waals surface area contributed by atoms with Gasteiger partial charge in [-0.15, -0.1) is 0 Å². The Kier molecular flexibility index (Phi) is 4.76. The highest BCUT2D eigenvalue weighted by molar-refractivity contribution is 9.10. The van der Waals surface area contributed by atoms with Crippen molar-refractivity contribution < 1.29 is 4.52 Å². The van der Waals surface area contributed by atoms with Crippen LogP contribution < -0.4 is 5.32 Å². The van der Waals surface area contributed by atoms with Crippen molar-refractivity contribution in [1.82, 2.24) is 5.16 Å². The highest BCUT2D eigenvalue weighted by Crippen LogP contribution is 2.31. The molecular weight excluding hydrogens is 388 g/mol. The van der Waals surface area contributed by atoms with Crippen LogP contribution in [0.3, 0.4) is 0 Å². The summed E-state index contributed by atoms with van der Waals surface area (Å²) in [4.78, 5) is 0. The highest BCUT2D eigenvalue weighted by Gasteiger charge is 2.14. The molecule has 0 aliphatic heterocycles. The zero-order chi connectivity index (χ0) is 17.9. The summed E-state index contributed by atoms with van der Waals surface area (Å²) in [6.07, 6.45) is 0.940. The molecule has 26 heavy (non-hydrogen) atoms. The van der Waals surface area contributed by atoms with E-state index >= 15 is 0 Å². The second-order valence-electron chi connectivity index (χ2n) is 6.34. The quantitative estimate of drug-likeness (QED) is 0.427. The third kappa shape index (κ3) is 3.51. The molecule has 130 valence electrons. The van der Waals surface area contributed by atoms with Crippen molar-refractivity contribution in [3.8, 4) is 11.3 Å². The molecule has 1 heterocycles. The predicted molar refractivity (Wildman–Crippen MR) is 111 cm³/mol. The van der Waals surface area contributed by atoms with Gasteiger partial charge < -0.3 is 9.84 Å². The van der Waals surface area contributed by atoms with Gasteiger partial charge in [0, 0.05) is 16.6 Å². The zero-order valence-electron chi connectivity index (χ0n) is 14.5. The van der Waals surface area contributed by atoms with Gasteiger partial charge in [-0.25, -0.2) is 0 Å². The largest absolute Gasteiger partial charge is 0.380 e. The van der Waals surface area contributed by atoms with E-state index in [1.54, 1.807) is 0 Å². The van der Waals surface area contributed by atoms with E-state index in [2.05, 4.69) is 68.9 Å². The summed E-state index contributed by atoms with van der Waals surface area (Å²) in [5.41, 5.74) is 4.17. The molecule has 4 rings (SSSR count). The molecular formula is C22H19BrN2O. The lowest BCUT2D eigenvalue weighted by molar-refractivity contribution is 0.427. The van der Waals surface area contributed by atoms with Crippen LogP contribution in [0.2, 0.25) is 0 Å². The summed E-state index contributed by atoms with van der Waals surface area (Å²) in [5.74, 6) is 0.786. The smallest absolute Gasteiger partial charge is 0.190 e. The Labute approximate surface area is 161 Å². The molecule has 1 aromatic heterocycles. The number of anilines is 1. The lowest BCUT2D eigenvalue weighted by atomic mass is 10.1. The van der Waals surface area contributed by atoms with Crippen molar-refractivity contribution in [3.63, 3.8) is 0 Å². The molecule has 0 aliphatic carbocycles. The fraction of sp³-hybridized carbons (Fsp3) is 0.136. The van der Waals surface area contributed by atoms with Crippen molar-refractivity contribution in [3.05, 3.63) is 82.5 Å². The molecule has 3 aromatic carbocycles. The van der Waals surface area contributed by atoms with Crippen LogP contribution >= 0.6 is 15.9 Å². The Hall–Kier alpha value is -2.59. The maximum absolute atomic E-state index is 5.55. The van der Waals surface area contributed by atoms with Gasteiger partial charge in [0.05, 0.1) is 0 Å². The van der Waals surface area contributed by atoms with E-state index in [4.69, 9.17) is 4.52 Å². The number of aromatic nitrogens is 1. The van der Waals surface area contributed by atoms with Crippen molar-refractivity contribution >= 4 is 32.4 Å². The van der Waals surface area contributed by atoms with Crippen LogP contribution in [0.15, 0.2) is 75.7 Å². The maximum Gasteiger partial charge on any atom is 0.190 e. The third-order valence-electron chi connectivity index (χ3n) is 4.50. The number of hydrogen-bond donors (Lipinski definition) is 1. The first-order valence-electron chi connectivity index (χ1n) is 8.64. The molecule has 4 aromatic rings. The van der Waals surface area contributed by atoms with E-state index in [0.717, 1.165) is 40.1 Å². The molecule has 3 nitrogen and oxygen atoms in total. The Morgan fingerprint density at radius 2 is 1.73 bits per heavy atom. The number of aryl methyl sites for hydroxylation is 1. The Morgan fingerprint density at radius 3 is 2.54 bits per heavy atom. The molecule has 0 bridgehead atoms. The lowest BCUT2D eigenvalue weighted by Gasteiger charge is -2.08. The number of nitrogens with one attached hydrogen (secondary N) is 1. The van der Waals surface area contributed by atoms with Gasteiger partial charge in [-0.2, -0.15) is 0 Å². The number of benzene rings is 3. The third-order valence-corrected chi connectivity index (χ3v) is 5.03. The fourth-order valence-electron chi connectivity index (χ4n) is 3.10. The number of hydrogen-bond acceptors (Lipinski definition) is 3. The minimum atomic E-state index is 0.786. The molecule has 0 saturated carbocycles. The first-order chi connectivity index (χ1) is 12.7. The normalized spacial score (nSPS) is 11.0. The molecule has 4 heteroatoms. The lowest BCUT2D eigenvalue weighted by Crippen LogP contribution is -2.06. The van der Waals surface area contributed by atoms with Gasteiger partial charge in [0.1, 0.15) is 11.4 Å². The zero-order valence-corrected chi connectivity index (χ0v) is 16.1. The molecule has 0 radical (unpaired) electrons. The highest BCUT2D eigenvalue weighted by atomic mass is 79.9. The Balaban J connectivity index is 1.49. The van der Waals surface area contributed by atoms with Crippen molar-refractivity contribution in [2.75, 3.05) is 11.9 Å². The first kappa shape index (κ1) is 16.9. The van der Waals surface area contributed by atoms with Crippen LogP contribution in [0.5, 0.6) is 0 Å². The van der Waals surface area contributed by atoms with Crippen molar-refractivity contribution in [1.29, 1.82) is 0 Å². The number of rotatable bonds is 5. The van der Waals surface area contributed by atoms with E-state index in [-0.39, 0.29) is 0 Å². The van der Waals surface area contributed by atoms with Crippen LogP contribution in [-0.4, -0.2) is 11.7 Å². The van der Waals surface area contributed by atoms with Crippen LogP contribution in [0.1, 0.15) is 11.3 Å². The fourth-order valence-corrected chi connectivity index (χ4v) is 3.37. The van der Waals surface area contributed by atoms with Gasteiger partial charge in [-0.05, 0) is 53.9 Å². The minimum absolute atomic E-state index is 0.786. The van der Waals surface area contributed by atoms with Crippen molar-refractivity contribution in [2.24, 2.45) is 0 Å².